The number of halogens is 3. The predicted molar refractivity (Wildman–Crippen MR) is 80.1 cm³/mol. The van der Waals surface area contributed by atoms with Gasteiger partial charge in [-0.25, -0.2) is 0 Å². The number of carbonyl (C=O) groups excluding carboxylic acids is 1. The summed E-state index contributed by atoms with van der Waals surface area (Å²) in [5.41, 5.74) is -4.95. The molecule has 1 saturated carbocycles. The number of fused-ring (bicyclic) bond motifs is 1. The van der Waals surface area contributed by atoms with E-state index in [4.69, 9.17) is 0 Å². The number of ketones is 1. The fraction of sp³-hybridized carbons (Fsp3) is 0.562. The van der Waals surface area contributed by atoms with E-state index in [2.05, 4.69) is 4.18 Å². The molecule has 8 heteroatoms. The minimum atomic E-state index is -5.74. The van der Waals surface area contributed by atoms with Crippen LogP contribution in [0.3, 0.4) is 0 Å². The van der Waals surface area contributed by atoms with Crippen LogP contribution < -0.4 is 4.18 Å². The van der Waals surface area contributed by atoms with Gasteiger partial charge in [0.1, 0.15) is 5.75 Å². The first-order valence-corrected chi connectivity index (χ1v) is 9.28. The first kappa shape index (κ1) is 17.3. The highest BCUT2D eigenvalue weighted by molar-refractivity contribution is 7.88. The van der Waals surface area contributed by atoms with Crippen LogP contribution in [0, 0.1) is 11.8 Å². The largest absolute Gasteiger partial charge is 0.534 e. The maximum Gasteiger partial charge on any atom is 0.534 e. The average molecular weight is 362 g/mol. The molecule has 0 saturated heterocycles. The van der Waals surface area contributed by atoms with E-state index in [0.717, 1.165) is 32.1 Å². The van der Waals surface area contributed by atoms with E-state index in [9.17, 15) is 26.4 Å². The first-order chi connectivity index (χ1) is 11.2. The van der Waals surface area contributed by atoms with Crippen molar-refractivity contribution in [2.75, 3.05) is 0 Å². The molecular formula is C16H17F3O4S. The lowest BCUT2D eigenvalue weighted by molar-refractivity contribution is -0.0500. The minimum absolute atomic E-state index is 0.119. The average Bonchev–Trinajstić information content (AvgIpc) is 2.85. The van der Waals surface area contributed by atoms with Crippen LogP contribution in [-0.4, -0.2) is 19.7 Å². The third kappa shape index (κ3) is 3.03. The van der Waals surface area contributed by atoms with Crippen molar-refractivity contribution >= 4 is 15.9 Å². The number of carbonyl (C=O) groups is 1. The highest BCUT2D eigenvalue weighted by atomic mass is 32.2. The van der Waals surface area contributed by atoms with Crippen molar-refractivity contribution in [1.82, 2.24) is 0 Å². The van der Waals surface area contributed by atoms with Gasteiger partial charge in [-0.05, 0) is 31.2 Å². The molecular weight excluding hydrogens is 345 g/mol. The van der Waals surface area contributed by atoms with Crippen molar-refractivity contribution in [3.05, 3.63) is 29.3 Å². The second-order valence-corrected chi connectivity index (χ2v) is 7.88. The van der Waals surface area contributed by atoms with Crippen molar-refractivity contribution < 1.29 is 30.6 Å². The lowest BCUT2D eigenvalue weighted by Crippen LogP contribution is -2.28. The van der Waals surface area contributed by atoms with Gasteiger partial charge in [0.2, 0.25) is 0 Å². The van der Waals surface area contributed by atoms with Crippen LogP contribution in [-0.2, 0) is 16.5 Å². The van der Waals surface area contributed by atoms with Gasteiger partial charge in [-0.3, -0.25) is 4.79 Å². The molecule has 0 spiro atoms. The second kappa shape index (κ2) is 6.06. The standard InChI is InChI=1S/C16H17F3O4S/c17-16(18,19)24(21,22)23-14-8-4-7-11-13(14)9-12(15(11)20)10-5-2-1-3-6-10/h4,7-8,10,12H,1-3,5-6,9H2. The summed E-state index contributed by atoms with van der Waals surface area (Å²) < 4.78 is 64.4. The van der Waals surface area contributed by atoms with E-state index in [-0.39, 0.29) is 35.2 Å². The Labute approximate surface area is 138 Å². The Kier molecular flexibility index (Phi) is 4.36. The molecule has 1 unspecified atom stereocenters. The van der Waals surface area contributed by atoms with Crippen LogP contribution in [0.15, 0.2) is 18.2 Å². The van der Waals surface area contributed by atoms with Crippen molar-refractivity contribution in [1.29, 1.82) is 0 Å². The number of Topliss-reactive ketones (excluding diaryl/α,β-unsaturated/α-hetero) is 1. The molecule has 1 fully saturated rings. The SMILES string of the molecule is O=C1c2cccc(OS(=O)(=O)C(F)(F)F)c2CC1C1CCCCC1. The smallest absolute Gasteiger partial charge is 0.376 e. The van der Waals surface area contributed by atoms with E-state index in [0.29, 0.717) is 0 Å². The summed E-state index contributed by atoms with van der Waals surface area (Å²) in [5.74, 6) is -0.604. The topological polar surface area (TPSA) is 60.4 Å². The predicted octanol–water partition coefficient (Wildman–Crippen LogP) is 3.85. The number of hydrogen-bond acceptors (Lipinski definition) is 4. The summed E-state index contributed by atoms with van der Waals surface area (Å²) in [7, 11) is -5.74. The highest BCUT2D eigenvalue weighted by Crippen LogP contribution is 2.42. The Morgan fingerprint density at radius 1 is 1.08 bits per heavy atom. The molecule has 0 aromatic heterocycles. The molecule has 0 heterocycles. The molecule has 1 atom stereocenters. The van der Waals surface area contributed by atoms with Crippen molar-refractivity contribution in [3.63, 3.8) is 0 Å². The van der Waals surface area contributed by atoms with Crippen LogP contribution in [0.1, 0.15) is 48.0 Å². The number of alkyl halides is 3. The van der Waals surface area contributed by atoms with Gasteiger partial charge in [0.25, 0.3) is 0 Å². The van der Waals surface area contributed by atoms with Gasteiger partial charge >= 0.3 is 15.6 Å². The quantitative estimate of drug-likeness (QED) is 0.605. The van der Waals surface area contributed by atoms with E-state index in [1.54, 1.807) is 0 Å². The third-order valence-corrected chi connectivity index (χ3v) is 5.83. The van der Waals surface area contributed by atoms with Crippen LogP contribution in [0.5, 0.6) is 5.75 Å². The molecule has 24 heavy (non-hydrogen) atoms. The third-order valence-electron chi connectivity index (χ3n) is 4.86. The van der Waals surface area contributed by atoms with E-state index in [1.165, 1.54) is 18.2 Å². The van der Waals surface area contributed by atoms with Crippen molar-refractivity contribution in [2.45, 2.75) is 44.0 Å². The van der Waals surface area contributed by atoms with Gasteiger partial charge in [-0.2, -0.15) is 21.6 Å². The fourth-order valence-electron chi connectivity index (χ4n) is 3.68. The summed E-state index contributed by atoms with van der Waals surface area (Å²) in [6.45, 7) is 0. The highest BCUT2D eigenvalue weighted by Gasteiger charge is 2.49. The summed E-state index contributed by atoms with van der Waals surface area (Å²) in [4.78, 5) is 12.6. The summed E-state index contributed by atoms with van der Waals surface area (Å²) in [6, 6.07) is 4.04. The van der Waals surface area contributed by atoms with Gasteiger partial charge in [-0.1, -0.05) is 31.4 Å². The molecule has 4 nitrogen and oxygen atoms in total. The molecule has 0 amide bonds. The lowest BCUT2D eigenvalue weighted by atomic mass is 9.78. The van der Waals surface area contributed by atoms with E-state index < -0.39 is 21.4 Å². The first-order valence-electron chi connectivity index (χ1n) is 7.87. The summed E-state index contributed by atoms with van der Waals surface area (Å²) in [6.07, 6.45) is 5.28. The fourth-order valence-corrected chi connectivity index (χ4v) is 4.17. The second-order valence-electron chi connectivity index (χ2n) is 6.34. The van der Waals surface area contributed by atoms with Gasteiger partial charge < -0.3 is 4.18 Å². The van der Waals surface area contributed by atoms with Crippen molar-refractivity contribution in [3.8, 4) is 5.75 Å². The van der Waals surface area contributed by atoms with Crippen LogP contribution in [0.2, 0.25) is 0 Å². The molecule has 0 aliphatic heterocycles. The minimum Gasteiger partial charge on any atom is -0.376 e. The van der Waals surface area contributed by atoms with E-state index in [1.807, 2.05) is 0 Å². The molecule has 2 aliphatic rings. The lowest BCUT2D eigenvalue weighted by Gasteiger charge is -2.26. The zero-order valence-electron chi connectivity index (χ0n) is 12.8. The van der Waals surface area contributed by atoms with Crippen LogP contribution >= 0.6 is 0 Å². The van der Waals surface area contributed by atoms with Crippen LogP contribution in [0.4, 0.5) is 13.2 Å². The molecule has 0 N–H and O–H groups in total. The Morgan fingerprint density at radius 3 is 2.38 bits per heavy atom. The van der Waals surface area contributed by atoms with Crippen molar-refractivity contribution in [2.24, 2.45) is 11.8 Å². The van der Waals surface area contributed by atoms with Gasteiger partial charge in [-0.15, -0.1) is 0 Å². The normalized spacial score (nSPS) is 22.5. The Balaban J connectivity index is 1.89. The molecule has 0 radical (unpaired) electrons. The summed E-state index contributed by atoms with van der Waals surface area (Å²) >= 11 is 0. The number of rotatable bonds is 3. The molecule has 0 bridgehead atoms. The maximum atomic E-state index is 12.6. The Bertz CT molecular complexity index is 749. The Morgan fingerprint density at radius 2 is 1.75 bits per heavy atom. The van der Waals surface area contributed by atoms with Crippen LogP contribution in [0.25, 0.3) is 0 Å². The molecule has 2 aliphatic carbocycles. The zero-order chi connectivity index (χ0) is 17.5. The van der Waals surface area contributed by atoms with E-state index >= 15 is 0 Å². The summed E-state index contributed by atoms with van der Waals surface area (Å²) in [5, 5.41) is 0. The molecule has 132 valence electrons. The van der Waals surface area contributed by atoms with Gasteiger partial charge in [0.05, 0.1) is 0 Å². The monoisotopic (exact) mass is 362 g/mol. The number of benzene rings is 1. The zero-order valence-corrected chi connectivity index (χ0v) is 13.6. The van der Waals surface area contributed by atoms with Gasteiger partial charge in [0.15, 0.2) is 5.78 Å². The Hall–Kier alpha value is -1.57. The van der Waals surface area contributed by atoms with Gasteiger partial charge in [0, 0.05) is 17.0 Å². The molecule has 1 aromatic carbocycles. The molecule has 1 aromatic rings. The molecule has 3 rings (SSSR count). The number of hydrogen-bond donors (Lipinski definition) is 0. The maximum absolute atomic E-state index is 12.6.